The molecule has 33 heavy (non-hydrogen) atoms. The van der Waals surface area contributed by atoms with Gasteiger partial charge >= 0.3 is 11.9 Å². The van der Waals surface area contributed by atoms with Crippen molar-refractivity contribution in [3.8, 4) is 5.75 Å². The molecule has 0 amide bonds. The lowest BCUT2D eigenvalue weighted by atomic mass is 9.89. The average Bonchev–Trinajstić information content (AvgIpc) is 2.81. The molecular formula is C27H38O6. The van der Waals surface area contributed by atoms with E-state index in [1.165, 1.54) is 19.8 Å². The van der Waals surface area contributed by atoms with Crippen molar-refractivity contribution in [1.82, 2.24) is 0 Å². The van der Waals surface area contributed by atoms with Crippen LogP contribution in [0.4, 0.5) is 0 Å². The highest BCUT2D eigenvalue weighted by atomic mass is 16.5. The third-order valence-electron chi connectivity index (χ3n) is 6.95. The van der Waals surface area contributed by atoms with E-state index in [-0.39, 0.29) is 18.5 Å². The fourth-order valence-electron chi connectivity index (χ4n) is 3.97. The summed E-state index contributed by atoms with van der Waals surface area (Å²) >= 11 is 0. The molecule has 0 atom stereocenters. The SMILES string of the molecule is COC(=O)CCc1c(C)c(C)c(C)c(C)c1O.COC(=O)c1c(C)c(C)c(C)c(C)c1CO. The van der Waals surface area contributed by atoms with Crippen molar-refractivity contribution in [1.29, 1.82) is 0 Å². The molecule has 0 aromatic heterocycles. The maximum atomic E-state index is 11.7. The Morgan fingerprint density at radius 3 is 1.58 bits per heavy atom. The molecule has 0 bridgehead atoms. The van der Waals surface area contributed by atoms with Gasteiger partial charge in [0.25, 0.3) is 0 Å². The van der Waals surface area contributed by atoms with E-state index in [1.807, 2.05) is 55.4 Å². The fourth-order valence-corrected chi connectivity index (χ4v) is 3.97. The number of carbonyl (C=O) groups is 2. The molecule has 0 fully saturated rings. The average molecular weight is 459 g/mol. The predicted octanol–water partition coefficient (Wildman–Crippen LogP) is 4.93. The molecular weight excluding hydrogens is 420 g/mol. The van der Waals surface area contributed by atoms with Crippen LogP contribution in [0.5, 0.6) is 5.75 Å². The Hall–Kier alpha value is -2.86. The minimum Gasteiger partial charge on any atom is -0.507 e. The maximum Gasteiger partial charge on any atom is 0.338 e. The van der Waals surface area contributed by atoms with Crippen molar-refractivity contribution >= 4 is 11.9 Å². The van der Waals surface area contributed by atoms with Crippen LogP contribution in [0, 0.1) is 55.4 Å². The number of rotatable bonds is 5. The molecule has 0 unspecified atom stereocenters. The van der Waals surface area contributed by atoms with E-state index in [0.29, 0.717) is 29.7 Å². The summed E-state index contributed by atoms with van der Waals surface area (Å²) in [7, 11) is 2.73. The van der Waals surface area contributed by atoms with Gasteiger partial charge in [-0.3, -0.25) is 4.79 Å². The van der Waals surface area contributed by atoms with Gasteiger partial charge in [-0.15, -0.1) is 0 Å². The monoisotopic (exact) mass is 458 g/mol. The quantitative estimate of drug-likeness (QED) is 0.617. The number of aromatic hydroxyl groups is 1. The van der Waals surface area contributed by atoms with Crippen molar-refractivity contribution in [2.24, 2.45) is 0 Å². The zero-order valence-electron chi connectivity index (χ0n) is 21.6. The first-order valence-corrected chi connectivity index (χ1v) is 11.0. The number of ether oxygens (including phenoxy) is 2. The Morgan fingerprint density at radius 1 is 0.667 bits per heavy atom. The highest BCUT2D eigenvalue weighted by molar-refractivity contribution is 5.93. The normalized spacial score (nSPS) is 10.4. The first-order valence-electron chi connectivity index (χ1n) is 11.0. The number of esters is 2. The van der Waals surface area contributed by atoms with E-state index in [4.69, 9.17) is 4.74 Å². The van der Waals surface area contributed by atoms with E-state index >= 15 is 0 Å². The van der Waals surface area contributed by atoms with Gasteiger partial charge in [0.2, 0.25) is 0 Å². The Bertz CT molecular complexity index is 1020. The Labute approximate surface area is 197 Å². The lowest BCUT2D eigenvalue weighted by Gasteiger charge is -2.17. The molecule has 0 heterocycles. The number of aliphatic hydroxyl groups is 1. The van der Waals surface area contributed by atoms with Crippen molar-refractivity contribution in [3.05, 3.63) is 61.2 Å². The van der Waals surface area contributed by atoms with Gasteiger partial charge in [0.1, 0.15) is 5.75 Å². The van der Waals surface area contributed by atoms with Gasteiger partial charge in [-0.05, 0) is 117 Å². The van der Waals surface area contributed by atoms with E-state index in [0.717, 1.165) is 44.5 Å². The first-order chi connectivity index (χ1) is 15.3. The maximum absolute atomic E-state index is 11.7. The summed E-state index contributed by atoms with van der Waals surface area (Å²) < 4.78 is 9.37. The number of hydrogen-bond donors (Lipinski definition) is 2. The molecule has 2 aromatic rings. The number of phenolic OH excluding ortho intramolecular Hbond substituents is 1. The summed E-state index contributed by atoms with van der Waals surface area (Å²) in [5.74, 6) is -0.318. The Kier molecular flexibility index (Phi) is 10.1. The summed E-state index contributed by atoms with van der Waals surface area (Å²) in [6.45, 7) is 15.6. The van der Waals surface area contributed by atoms with Gasteiger partial charge in [0, 0.05) is 6.42 Å². The molecule has 6 heteroatoms. The first kappa shape index (κ1) is 28.2. The van der Waals surface area contributed by atoms with Crippen LogP contribution in [0.2, 0.25) is 0 Å². The molecule has 0 aliphatic rings. The van der Waals surface area contributed by atoms with Crippen LogP contribution in [-0.2, 0) is 27.3 Å². The summed E-state index contributed by atoms with van der Waals surface area (Å²) in [5, 5.41) is 19.5. The third kappa shape index (κ3) is 5.93. The van der Waals surface area contributed by atoms with Crippen LogP contribution in [0.3, 0.4) is 0 Å². The minimum absolute atomic E-state index is 0.141. The van der Waals surface area contributed by atoms with E-state index in [1.54, 1.807) is 0 Å². The Balaban J connectivity index is 0.000000331. The van der Waals surface area contributed by atoms with Crippen molar-refractivity contribution in [3.63, 3.8) is 0 Å². The molecule has 0 saturated carbocycles. The van der Waals surface area contributed by atoms with Gasteiger partial charge in [-0.1, -0.05) is 0 Å². The smallest absolute Gasteiger partial charge is 0.338 e. The lowest BCUT2D eigenvalue weighted by molar-refractivity contribution is -0.140. The predicted molar refractivity (Wildman–Crippen MR) is 130 cm³/mol. The second-order valence-corrected chi connectivity index (χ2v) is 8.41. The van der Waals surface area contributed by atoms with Crippen LogP contribution in [0.1, 0.15) is 72.4 Å². The largest absolute Gasteiger partial charge is 0.507 e. The zero-order valence-corrected chi connectivity index (χ0v) is 21.6. The van der Waals surface area contributed by atoms with Crippen LogP contribution < -0.4 is 0 Å². The highest BCUT2D eigenvalue weighted by Gasteiger charge is 2.20. The third-order valence-corrected chi connectivity index (χ3v) is 6.95. The second kappa shape index (κ2) is 11.8. The van der Waals surface area contributed by atoms with Gasteiger partial charge in [0.05, 0.1) is 26.4 Å². The van der Waals surface area contributed by atoms with E-state index in [9.17, 15) is 19.8 Å². The van der Waals surface area contributed by atoms with Crippen molar-refractivity contribution in [2.75, 3.05) is 14.2 Å². The lowest BCUT2D eigenvalue weighted by Crippen LogP contribution is -2.12. The molecule has 0 saturated heterocycles. The number of phenols is 1. The summed E-state index contributed by atoms with van der Waals surface area (Å²) in [6.07, 6.45) is 0.819. The molecule has 0 aliphatic carbocycles. The molecule has 2 rings (SSSR count). The molecule has 2 aromatic carbocycles. The van der Waals surface area contributed by atoms with Gasteiger partial charge in [-0.2, -0.15) is 0 Å². The van der Waals surface area contributed by atoms with Crippen LogP contribution in [0.25, 0.3) is 0 Å². The van der Waals surface area contributed by atoms with E-state index < -0.39 is 0 Å². The van der Waals surface area contributed by atoms with Crippen LogP contribution >= 0.6 is 0 Å². The van der Waals surface area contributed by atoms with Gasteiger partial charge in [0.15, 0.2) is 0 Å². The van der Waals surface area contributed by atoms with Crippen LogP contribution in [-0.4, -0.2) is 36.4 Å². The Morgan fingerprint density at radius 2 is 1.12 bits per heavy atom. The summed E-state index contributed by atoms with van der Waals surface area (Å²) in [6, 6.07) is 0. The minimum atomic E-state index is -0.382. The summed E-state index contributed by atoms with van der Waals surface area (Å²) in [5.41, 5.74) is 10.3. The number of hydrogen-bond acceptors (Lipinski definition) is 6. The number of benzene rings is 2. The molecule has 2 N–H and O–H groups in total. The second-order valence-electron chi connectivity index (χ2n) is 8.41. The van der Waals surface area contributed by atoms with Gasteiger partial charge < -0.3 is 19.7 Å². The molecule has 0 aliphatic heterocycles. The summed E-state index contributed by atoms with van der Waals surface area (Å²) in [4.78, 5) is 22.8. The van der Waals surface area contributed by atoms with Gasteiger partial charge in [-0.25, -0.2) is 4.79 Å². The number of methoxy groups -OCH3 is 2. The zero-order chi connectivity index (χ0) is 25.6. The van der Waals surface area contributed by atoms with E-state index in [2.05, 4.69) is 4.74 Å². The molecule has 182 valence electrons. The molecule has 0 spiro atoms. The topological polar surface area (TPSA) is 93.1 Å². The van der Waals surface area contributed by atoms with Crippen LogP contribution in [0.15, 0.2) is 0 Å². The van der Waals surface area contributed by atoms with Crippen molar-refractivity contribution in [2.45, 2.75) is 74.8 Å². The molecule has 0 radical (unpaired) electrons. The standard InChI is InChI=1S/C14H20O3.C13H18O3/c1-8-9(2)11(4)14(16)12(10(8)3)6-7-13(15)17-5;1-7-8(2)10(4)12(13(15)16-5)11(6-14)9(7)3/h16H,6-7H2,1-5H3;14H,6H2,1-5H3. The number of aliphatic hydroxyl groups excluding tert-OH is 1. The number of carbonyl (C=O) groups excluding carboxylic acids is 2. The van der Waals surface area contributed by atoms with Crippen molar-refractivity contribution < 1.29 is 29.3 Å². The fraction of sp³-hybridized carbons (Fsp3) is 0.481. The molecule has 6 nitrogen and oxygen atoms in total. The highest BCUT2D eigenvalue weighted by Crippen LogP contribution is 2.32.